The molecule has 0 aromatic heterocycles. The van der Waals surface area contributed by atoms with E-state index in [-0.39, 0.29) is 12.5 Å². The van der Waals surface area contributed by atoms with Crippen molar-refractivity contribution < 1.29 is 9.53 Å². The summed E-state index contributed by atoms with van der Waals surface area (Å²) in [5.74, 6) is 0.323. The zero-order chi connectivity index (χ0) is 15.2. The van der Waals surface area contributed by atoms with Gasteiger partial charge in [0, 0.05) is 5.69 Å². The normalized spacial score (nSPS) is 10.2. The third kappa shape index (κ3) is 4.23. The van der Waals surface area contributed by atoms with Crippen LogP contribution in [0.25, 0.3) is 0 Å². The monoisotopic (exact) mass is 303 g/mol. The van der Waals surface area contributed by atoms with Crippen molar-refractivity contribution in [2.45, 2.75) is 20.3 Å². The van der Waals surface area contributed by atoms with Gasteiger partial charge in [-0.15, -0.1) is 0 Å². The van der Waals surface area contributed by atoms with Crippen LogP contribution >= 0.6 is 11.6 Å². The summed E-state index contributed by atoms with van der Waals surface area (Å²) in [6.07, 6.45) is 0.862. The Labute approximate surface area is 129 Å². The number of nitrogens with one attached hydrogen (secondary N) is 1. The van der Waals surface area contributed by atoms with E-state index >= 15 is 0 Å². The molecule has 21 heavy (non-hydrogen) atoms. The number of carbonyl (C=O) groups is 1. The number of benzene rings is 2. The number of amides is 1. The highest BCUT2D eigenvalue weighted by Gasteiger charge is 2.08. The van der Waals surface area contributed by atoms with E-state index in [2.05, 4.69) is 5.32 Å². The maximum absolute atomic E-state index is 12.0. The molecule has 0 atom stereocenters. The summed E-state index contributed by atoms with van der Waals surface area (Å²) in [5.41, 5.74) is 2.95. The molecule has 0 aliphatic heterocycles. The number of hydrogen-bond donors (Lipinski definition) is 1. The Morgan fingerprint density at radius 2 is 2.00 bits per heavy atom. The van der Waals surface area contributed by atoms with Crippen LogP contribution in [0.3, 0.4) is 0 Å². The lowest BCUT2D eigenvalue weighted by Gasteiger charge is -2.11. The van der Waals surface area contributed by atoms with Gasteiger partial charge in [0.25, 0.3) is 5.91 Å². The van der Waals surface area contributed by atoms with Gasteiger partial charge in [0.15, 0.2) is 6.61 Å². The minimum absolute atomic E-state index is 0.0682. The molecule has 0 saturated heterocycles. The van der Waals surface area contributed by atoms with Crippen LogP contribution in [0.1, 0.15) is 18.1 Å². The van der Waals surface area contributed by atoms with Crippen LogP contribution in [-0.4, -0.2) is 12.5 Å². The summed E-state index contributed by atoms with van der Waals surface area (Å²) in [7, 11) is 0. The van der Waals surface area contributed by atoms with Gasteiger partial charge in [-0.25, -0.2) is 0 Å². The highest BCUT2D eigenvalue weighted by molar-refractivity contribution is 6.32. The number of carbonyl (C=O) groups excluding carboxylic acids is 1. The molecule has 0 saturated carbocycles. The first-order valence-corrected chi connectivity index (χ1v) is 7.24. The summed E-state index contributed by atoms with van der Waals surface area (Å²) in [6.45, 7) is 3.93. The predicted molar refractivity (Wildman–Crippen MR) is 86.1 cm³/mol. The molecule has 110 valence electrons. The molecule has 3 nitrogen and oxygen atoms in total. The average Bonchev–Trinajstić information content (AvgIpc) is 2.49. The van der Waals surface area contributed by atoms with Crippen LogP contribution in [0.4, 0.5) is 5.69 Å². The third-order valence-corrected chi connectivity index (χ3v) is 3.43. The van der Waals surface area contributed by atoms with E-state index in [1.807, 2.05) is 50.2 Å². The van der Waals surface area contributed by atoms with E-state index in [1.54, 1.807) is 6.07 Å². The zero-order valence-electron chi connectivity index (χ0n) is 12.2. The average molecular weight is 304 g/mol. The second-order valence-corrected chi connectivity index (χ2v) is 5.19. The van der Waals surface area contributed by atoms with Gasteiger partial charge in [-0.3, -0.25) is 4.79 Å². The lowest BCUT2D eigenvalue weighted by atomic mass is 10.1. The van der Waals surface area contributed by atoms with Gasteiger partial charge in [0.1, 0.15) is 5.75 Å². The fourth-order valence-electron chi connectivity index (χ4n) is 2.00. The quantitative estimate of drug-likeness (QED) is 0.897. The van der Waals surface area contributed by atoms with Gasteiger partial charge in [0.05, 0.1) is 5.02 Å². The molecule has 0 heterocycles. The largest absolute Gasteiger partial charge is 0.482 e. The van der Waals surface area contributed by atoms with Crippen molar-refractivity contribution in [2.24, 2.45) is 0 Å². The van der Waals surface area contributed by atoms with Crippen molar-refractivity contribution in [2.75, 3.05) is 11.9 Å². The first kappa shape index (κ1) is 15.4. The zero-order valence-corrected chi connectivity index (χ0v) is 12.9. The van der Waals surface area contributed by atoms with Crippen molar-refractivity contribution in [3.8, 4) is 5.75 Å². The van der Waals surface area contributed by atoms with Gasteiger partial charge >= 0.3 is 0 Å². The van der Waals surface area contributed by atoms with Gasteiger partial charge in [-0.2, -0.15) is 0 Å². The van der Waals surface area contributed by atoms with E-state index in [9.17, 15) is 4.79 Å². The second-order valence-electron chi connectivity index (χ2n) is 4.78. The molecule has 4 heteroatoms. The Balaban J connectivity index is 1.97. The van der Waals surface area contributed by atoms with E-state index < -0.39 is 0 Å². The number of anilines is 1. The van der Waals surface area contributed by atoms with Crippen LogP contribution in [0, 0.1) is 6.92 Å². The first-order valence-electron chi connectivity index (χ1n) is 6.87. The molecule has 0 fully saturated rings. The lowest BCUT2D eigenvalue weighted by Crippen LogP contribution is -2.21. The topological polar surface area (TPSA) is 38.3 Å². The van der Waals surface area contributed by atoms with Crippen LogP contribution in [0.5, 0.6) is 5.75 Å². The summed E-state index contributed by atoms with van der Waals surface area (Å²) in [4.78, 5) is 12.0. The molecular weight excluding hydrogens is 286 g/mol. The Bertz CT molecular complexity index is 640. The number of halogens is 1. The molecule has 2 aromatic rings. The van der Waals surface area contributed by atoms with Gasteiger partial charge in [0.2, 0.25) is 0 Å². The van der Waals surface area contributed by atoms with Crippen LogP contribution in [0.15, 0.2) is 42.5 Å². The highest BCUT2D eigenvalue weighted by atomic mass is 35.5. The van der Waals surface area contributed by atoms with E-state index in [0.717, 1.165) is 23.2 Å². The molecule has 2 rings (SSSR count). The number of para-hydroxylation sites is 1. The van der Waals surface area contributed by atoms with Crippen LogP contribution in [0.2, 0.25) is 5.02 Å². The maximum atomic E-state index is 12.0. The van der Waals surface area contributed by atoms with Crippen molar-refractivity contribution in [3.05, 3.63) is 58.6 Å². The van der Waals surface area contributed by atoms with Crippen molar-refractivity contribution >= 4 is 23.2 Å². The maximum Gasteiger partial charge on any atom is 0.262 e. The number of rotatable bonds is 5. The van der Waals surface area contributed by atoms with Crippen LogP contribution < -0.4 is 10.1 Å². The molecule has 0 aliphatic rings. The smallest absolute Gasteiger partial charge is 0.262 e. The fourth-order valence-corrected chi connectivity index (χ4v) is 2.17. The summed E-state index contributed by atoms with van der Waals surface area (Å²) in [5, 5.41) is 3.36. The molecule has 2 aromatic carbocycles. The minimum atomic E-state index is -0.200. The Morgan fingerprint density at radius 1 is 1.24 bits per heavy atom. The molecule has 0 spiro atoms. The highest BCUT2D eigenvalue weighted by Crippen LogP contribution is 2.25. The van der Waals surface area contributed by atoms with Crippen molar-refractivity contribution in [1.82, 2.24) is 0 Å². The number of aryl methyl sites for hydroxylation is 2. The van der Waals surface area contributed by atoms with E-state index in [1.165, 1.54) is 0 Å². The first-order chi connectivity index (χ1) is 10.1. The fraction of sp³-hybridized carbons (Fsp3) is 0.235. The number of ether oxygens (including phenoxy) is 1. The SMILES string of the molecule is CCc1ccccc1NC(=O)COc1cc(C)ccc1Cl. The third-order valence-electron chi connectivity index (χ3n) is 3.12. The predicted octanol–water partition coefficient (Wildman–Crippen LogP) is 4.23. The Morgan fingerprint density at radius 3 is 2.76 bits per heavy atom. The molecule has 0 radical (unpaired) electrons. The van der Waals surface area contributed by atoms with Crippen molar-refractivity contribution in [3.63, 3.8) is 0 Å². The standard InChI is InChI=1S/C17H18ClNO2/c1-3-13-6-4-5-7-15(13)19-17(20)11-21-16-10-12(2)8-9-14(16)18/h4-10H,3,11H2,1-2H3,(H,19,20). The van der Waals surface area contributed by atoms with Gasteiger partial charge in [-0.05, 0) is 42.7 Å². The van der Waals surface area contributed by atoms with Gasteiger partial charge < -0.3 is 10.1 Å². The van der Waals surface area contributed by atoms with E-state index in [4.69, 9.17) is 16.3 Å². The molecule has 0 bridgehead atoms. The molecular formula is C17H18ClNO2. The molecule has 1 N–H and O–H groups in total. The molecule has 0 aliphatic carbocycles. The Kier molecular flexibility index (Phi) is 5.23. The van der Waals surface area contributed by atoms with Crippen LogP contribution in [-0.2, 0) is 11.2 Å². The van der Waals surface area contributed by atoms with Crippen molar-refractivity contribution in [1.29, 1.82) is 0 Å². The summed E-state index contributed by atoms with van der Waals surface area (Å²) < 4.78 is 5.48. The number of hydrogen-bond acceptors (Lipinski definition) is 2. The summed E-state index contributed by atoms with van der Waals surface area (Å²) >= 11 is 6.03. The summed E-state index contributed by atoms with van der Waals surface area (Å²) in [6, 6.07) is 13.2. The van der Waals surface area contributed by atoms with E-state index in [0.29, 0.717) is 10.8 Å². The van der Waals surface area contributed by atoms with Gasteiger partial charge in [-0.1, -0.05) is 42.8 Å². The molecule has 1 amide bonds. The minimum Gasteiger partial charge on any atom is -0.482 e. The Hall–Kier alpha value is -2.00. The molecule has 0 unspecified atom stereocenters. The lowest BCUT2D eigenvalue weighted by molar-refractivity contribution is -0.118. The second kappa shape index (κ2) is 7.14.